The van der Waals surface area contributed by atoms with Gasteiger partial charge in [0.2, 0.25) is 5.95 Å². The summed E-state index contributed by atoms with van der Waals surface area (Å²) < 4.78 is 5.10. The van der Waals surface area contributed by atoms with Crippen LogP contribution in [0.3, 0.4) is 0 Å². The fourth-order valence-corrected chi connectivity index (χ4v) is 4.12. The summed E-state index contributed by atoms with van der Waals surface area (Å²) >= 11 is 0. The normalized spacial score (nSPS) is 17.2. The van der Waals surface area contributed by atoms with Gasteiger partial charge in [0.1, 0.15) is 0 Å². The van der Waals surface area contributed by atoms with Crippen molar-refractivity contribution in [3.8, 4) is 11.3 Å². The quantitative estimate of drug-likeness (QED) is 0.708. The molecule has 4 rings (SSSR count). The summed E-state index contributed by atoms with van der Waals surface area (Å²) in [6.07, 6.45) is 5.47. The third-order valence-electron chi connectivity index (χ3n) is 5.86. The van der Waals surface area contributed by atoms with Crippen LogP contribution in [0.25, 0.3) is 11.3 Å². The zero-order chi connectivity index (χ0) is 20.9. The Bertz CT molecular complexity index is 886. The number of ether oxygens (including phenoxy) is 1. The third kappa shape index (κ3) is 4.45. The van der Waals surface area contributed by atoms with E-state index in [0.29, 0.717) is 38.1 Å². The van der Waals surface area contributed by atoms with Gasteiger partial charge in [-0.2, -0.15) is 0 Å². The number of likely N-dealkylation sites (tertiary alicyclic amines) is 1. The van der Waals surface area contributed by atoms with Crippen molar-refractivity contribution >= 4 is 17.8 Å². The summed E-state index contributed by atoms with van der Waals surface area (Å²) in [7, 11) is 0. The molecule has 2 saturated heterocycles. The van der Waals surface area contributed by atoms with Gasteiger partial charge in [-0.3, -0.25) is 9.59 Å². The Morgan fingerprint density at radius 2 is 1.73 bits per heavy atom. The van der Waals surface area contributed by atoms with Crippen LogP contribution < -0.4 is 4.90 Å². The highest BCUT2D eigenvalue weighted by Crippen LogP contribution is 2.24. The van der Waals surface area contributed by atoms with Gasteiger partial charge in [-0.05, 0) is 50.8 Å². The number of hydrogen-bond acceptors (Lipinski definition) is 6. The molecule has 0 bridgehead atoms. The fraction of sp³-hybridized carbons (Fsp3) is 0.478. The Labute approximate surface area is 177 Å². The van der Waals surface area contributed by atoms with Crippen molar-refractivity contribution in [2.24, 2.45) is 5.92 Å². The molecule has 1 aromatic heterocycles. The lowest BCUT2D eigenvalue weighted by atomic mass is 9.96. The number of nitrogens with zero attached hydrogens (tertiary/aromatic N) is 4. The van der Waals surface area contributed by atoms with E-state index in [-0.39, 0.29) is 17.8 Å². The standard InChI is InChI=1S/C23H28N4O3/c1-2-30-22(29)19-10-15-26(16-11-19)21(28)18-7-5-17(6-8-18)20-9-12-24-23(25-20)27-13-3-4-14-27/h5-9,12,19H,2-4,10-11,13-16H2,1H3. The summed E-state index contributed by atoms with van der Waals surface area (Å²) in [5.41, 5.74) is 2.48. The number of aromatic nitrogens is 2. The highest BCUT2D eigenvalue weighted by Gasteiger charge is 2.28. The number of benzene rings is 1. The first-order chi connectivity index (χ1) is 14.7. The molecule has 7 nitrogen and oxygen atoms in total. The first-order valence-corrected chi connectivity index (χ1v) is 10.8. The molecule has 2 aliphatic rings. The molecule has 3 heterocycles. The molecule has 0 radical (unpaired) electrons. The first kappa shape index (κ1) is 20.3. The van der Waals surface area contributed by atoms with Crippen LogP contribution >= 0.6 is 0 Å². The van der Waals surface area contributed by atoms with Crippen LogP contribution in [-0.2, 0) is 9.53 Å². The molecule has 1 amide bonds. The molecule has 1 aromatic carbocycles. The second-order valence-electron chi connectivity index (χ2n) is 7.83. The van der Waals surface area contributed by atoms with E-state index in [1.807, 2.05) is 42.2 Å². The van der Waals surface area contributed by atoms with E-state index in [2.05, 4.69) is 9.88 Å². The summed E-state index contributed by atoms with van der Waals surface area (Å²) in [5, 5.41) is 0. The minimum atomic E-state index is -0.146. The first-order valence-electron chi connectivity index (χ1n) is 10.8. The summed E-state index contributed by atoms with van der Waals surface area (Å²) in [4.78, 5) is 37.9. The maximum atomic E-state index is 12.9. The second-order valence-corrected chi connectivity index (χ2v) is 7.83. The zero-order valence-corrected chi connectivity index (χ0v) is 17.4. The van der Waals surface area contributed by atoms with E-state index in [4.69, 9.17) is 9.72 Å². The zero-order valence-electron chi connectivity index (χ0n) is 17.4. The van der Waals surface area contributed by atoms with Crippen molar-refractivity contribution in [3.05, 3.63) is 42.1 Å². The van der Waals surface area contributed by atoms with Crippen LogP contribution in [0.15, 0.2) is 36.5 Å². The maximum Gasteiger partial charge on any atom is 0.309 e. The summed E-state index contributed by atoms with van der Waals surface area (Å²) in [6, 6.07) is 9.49. The number of anilines is 1. The lowest BCUT2D eigenvalue weighted by molar-refractivity contribution is -0.149. The monoisotopic (exact) mass is 408 g/mol. The molecule has 0 saturated carbocycles. The molecule has 0 N–H and O–H groups in total. The Morgan fingerprint density at radius 3 is 2.40 bits per heavy atom. The number of rotatable bonds is 5. The van der Waals surface area contributed by atoms with Crippen molar-refractivity contribution in [3.63, 3.8) is 0 Å². The topological polar surface area (TPSA) is 75.6 Å². The summed E-state index contributed by atoms with van der Waals surface area (Å²) in [6.45, 7) is 5.38. The van der Waals surface area contributed by atoms with Gasteiger partial charge in [0.05, 0.1) is 18.2 Å². The highest BCUT2D eigenvalue weighted by atomic mass is 16.5. The fourth-order valence-electron chi connectivity index (χ4n) is 4.12. The Morgan fingerprint density at radius 1 is 1.03 bits per heavy atom. The Hall–Kier alpha value is -2.96. The molecular formula is C23H28N4O3. The van der Waals surface area contributed by atoms with Crippen molar-refractivity contribution < 1.29 is 14.3 Å². The SMILES string of the molecule is CCOC(=O)C1CCN(C(=O)c2ccc(-c3ccnc(N4CCCC4)n3)cc2)CC1. The molecule has 158 valence electrons. The second kappa shape index (κ2) is 9.24. The predicted octanol–water partition coefficient (Wildman–Crippen LogP) is 3.16. The number of esters is 1. The largest absolute Gasteiger partial charge is 0.466 e. The van der Waals surface area contributed by atoms with Gasteiger partial charge in [-0.15, -0.1) is 0 Å². The van der Waals surface area contributed by atoms with Gasteiger partial charge >= 0.3 is 5.97 Å². The predicted molar refractivity (Wildman–Crippen MR) is 114 cm³/mol. The minimum absolute atomic E-state index is 0.00398. The molecule has 2 aliphatic heterocycles. The molecule has 0 unspecified atom stereocenters. The lowest BCUT2D eigenvalue weighted by Crippen LogP contribution is -2.40. The van der Waals surface area contributed by atoms with Crippen LogP contribution in [0.1, 0.15) is 43.0 Å². The van der Waals surface area contributed by atoms with E-state index in [0.717, 1.165) is 30.3 Å². The number of piperidine rings is 1. The Kier molecular flexibility index (Phi) is 6.26. The number of amides is 1. The van der Waals surface area contributed by atoms with Gasteiger partial charge in [-0.1, -0.05) is 12.1 Å². The van der Waals surface area contributed by atoms with Gasteiger partial charge in [-0.25, -0.2) is 9.97 Å². The van der Waals surface area contributed by atoms with E-state index >= 15 is 0 Å². The highest BCUT2D eigenvalue weighted by molar-refractivity contribution is 5.94. The van der Waals surface area contributed by atoms with Gasteiger partial charge in [0, 0.05) is 43.5 Å². The van der Waals surface area contributed by atoms with Crippen LogP contribution in [0, 0.1) is 5.92 Å². The molecule has 30 heavy (non-hydrogen) atoms. The van der Waals surface area contributed by atoms with Crippen molar-refractivity contribution in [1.82, 2.24) is 14.9 Å². The molecule has 7 heteroatoms. The molecular weight excluding hydrogens is 380 g/mol. The molecule has 0 atom stereocenters. The van der Waals surface area contributed by atoms with Crippen LogP contribution in [-0.4, -0.2) is 59.5 Å². The summed E-state index contributed by atoms with van der Waals surface area (Å²) in [5.74, 6) is 0.532. The van der Waals surface area contributed by atoms with Gasteiger partial charge in [0.25, 0.3) is 5.91 Å². The number of carbonyl (C=O) groups excluding carboxylic acids is 2. The maximum absolute atomic E-state index is 12.9. The smallest absolute Gasteiger partial charge is 0.309 e. The molecule has 0 spiro atoms. The third-order valence-corrected chi connectivity index (χ3v) is 5.86. The number of hydrogen-bond donors (Lipinski definition) is 0. The number of carbonyl (C=O) groups is 2. The van der Waals surface area contributed by atoms with Gasteiger partial charge < -0.3 is 14.5 Å². The van der Waals surface area contributed by atoms with Crippen LogP contribution in [0.2, 0.25) is 0 Å². The molecule has 0 aliphatic carbocycles. The Balaban J connectivity index is 1.40. The van der Waals surface area contributed by atoms with E-state index in [1.165, 1.54) is 12.8 Å². The van der Waals surface area contributed by atoms with E-state index in [9.17, 15) is 9.59 Å². The van der Waals surface area contributed by atoms with E-state index in [1.54, 1.807) is 6.20 Å². The van der Waals surface area contributed by atoms with Crippen molar-refractivity contribution in [1.29, 1.82) is 0 Å². The minimum Gasteiger partial charge on any atom is -0.466 e. The van der Waals surface area contributed by atoms with E-state index < -0.39 is 0 Å². The molecule has 2 fully saturated rings. The molecule has 2 aromatic rings. The van der Waals surface area contributed by atoms with Crippen LogP contribution in [0.4, 0.5) is 5.95 Å². The van der Waals surface area contributed by atoms with Crippen molar-refractivity contribution in [2.75, 3.05) is 37.7 Å². The lowest BCUT2D eigenvalue weighted by Gasteiger charge is -2.31. The average Bonchev–Trinajstić information content (AvgIpc) is 3.34. The van der Waals surface area contributed by atoms with Gasteiger partial charge in [0.15, 0.2) is 0 Å². The average molecular weight is 409 g/mol. The van der Waals surface area contributed by atoms with Crippen molar-refractivity contribution in [2.45, 2.75) is 32.6 Å². The van der Waals surface area contributed by atoms with Crippen LogP contribution in [0.5, 0.6) is 0 Å².